The van der Waals surface area contributed by atoms with Crippen molar-refractivity contribution in [1.82, 2.24) is 4.98 Å². The molecule has 3 rings (SSSR count). The van der Waals surface area contributed by atoms with Crippen molar-refractivity contribution >= 4 is 33.1 Å². The molecule has 0 aliphatic heterocycles. The number of amides is 1. The monoisotopic (exact) mass is 296 g/mol. The first-order valence-electron chi connectivity index (χ1n) is 6.79. The topological polar surface area (TPSA) is 42.0 Å². The Balaban J connectivity index is 1.90. The number of rotatable bonds is 2. The van der Waals surface area contributed by atoms with Crippen molar-refractivity contribution in [3.63, 3.8) is 0 Å². The fourth-order valence-electron chi connectivity index (χ4n) is 2.30. The number of carbonyl (C=O) groups excluding carboxylic acids is 1. The van der Waals surface area contributed by atoms with Crippen molar-refractivity contribution in [2.75, 3.05) is 5.32 Å². The largest absolute Gasteiger partial charge is 0.322 e. The second kappa shape index (κ2) is 5.30. The van der Waals surface area contributed by atoms with Crippen LogP contribution in [0.1, 0.15) is 26.5 Å². The lowest BCUT2D eigenvalue weighted by Gasteiger charge is -2.08. The average Bonchev–Trinajstić information content (AvgIpc) is 2.80. The molecule has 0 bridgehead atoms. The van der Waals surface area contributed by atoms with Crippen LogP contribution in [0.25, 0.3) is 10.2 Å². The first-order chi connectivity index (χ1) is 10.0. The summed E-state index contributed by atoms with van der Waals surface area (Å²) in [4.78, 5) is 16.8. The molecule has 3 aromatic rings. The molecule has 0 unspecified atom stereocenters. The van der Waals surface area contributed by atoms with Gasteiger partial charge in [-0.3, -0.25) is 4.79 Å². The zero-order chi connectivity index (χ0) is 15.0. The lowest BCUT2D eigenvalue weighted by atomic mass is 10.1. The molecule has 1 aromatic heterocycles. The molecule has 3 nitrogen and oxygen atoms in total. The van der Waals surface area contributed by atoms with Crippen LogP contribution in [0.4, 0.5) is 5.69 Å². The van der Waals surface area contributed by atoms with Gasteiger partial charge in [-0.1, -0.05) is 17.7 Å². The molecule has 0 spiro atoms. The minimum Gasteiger partial charge on any atom is -0.322 e. The van der Waals surface area contributed by atoms with Gasteiger partial charge in [0.2, 0.25) is 0 Å². The van der Waals surface area contributed by atoms with Crippen molar-refractivity contribution in [2.24, 2.45) is 0 Å². The second-order valence-corrected chi connectivity index (χ2v) is 6.42. The van der Waals surface area contributed by atoms with Crippen LogP contribution in [0, 0.1) is 20.8 Å². The second-order valence-electron chi connectivity index (χ2n) is 5.19. The van der Waals surface area contributed by atoms with Gasteiger partial charge in [-0.05, 0) is 50.6 Å². The highest BCUT2D eigenvalue weighted by atomic mass is 32.1. The van der Waals surface area contributed by atoms with E-state index in [1.165, 1.54) is 0 Å². The molecule has 4 heteroatoms. The van der Waals surface area contributed by atoms with Gasteiger partial charge >= 0.3 is 0 Å². The summed E-state index contributed by atoms with van der Waals surface area (Å²) in [6.45, 7) is 5.92. The molecule has 21 heavy (non-hydrogen) atoms. The molecule has 1 N–H and O–H groups in total. The molecule has 0 saturated carbocycles. The van der Waals surface area contributed by atoms with E-state index in [9.17, 15) is 4.79 Å². The van der Waals surface area contributed by atoms with E-state index in [0.717, 1.165) is 37.6 Å². The number of benzene rings is 2. The number of nitrogens with zero attached hydrogens (tertiary/aromatic N) is 1. The van der Waals surface area contributed by atoms with E-state index in [4.69, 9.17) is 0 Å². The Labute approximate surface area is 127 Å². The van der Waals surface area contributed by atoms with Crippen LogP contribution >= 0.6 is 11.3 Å². The lowest BCUT2D eigenvalue weighted by Crippen LogP contribution is -2.13. The molecule has 1 amide bonds. The van der Waals surface area contributed by atoms with Crippen LogP contribution in [-0.2, 0) is 0 Å². The van der Waals surface area contributed by atoms with E-state index in [1.807, 2.05) is 57.2 Å². The number of fused-ring (bicyclic) bond motifs is 1. The zero-order valence-corrected chi connectivity index (χ0v) is 13.0. The summed E-state index contributed by atoms with van der Waals surface area (Å²) in [5.74, 6) is -0.0724. The molecular weight excluding hydrogens is 280 g/mol. The van der Waals surface area contributed by atoms with Crippen LogP contribution in [0.3, 0.4) is 0 Å². The molecule has 0 aliphatic rings. The van der Waals surface area contributed by atoms with Crippen molar-refractivity contribution in [1.29, 1.82) is 0 Å². The summed E-state index contributed by atoms with van der Waals surface area (Å²) in [5, 5.41) is 4.00. The van der Waals surface area contributed by atoms with Crippen molar-refractivity contribution in [3.05, 3.63) is 58.1 Å². The van der Waals surface area contributed by atoms with E-state index in [2.05, 4.69) is 10.3 Å². The van der Waals surface area contributed by atoms with E-state index in [-0.39, 0.29) is 5.91 Å². The summed E-state index contributed by atoms with van der Waals surface area (Å²) >= 11 is 1.63. The van der Waals surface area contributed by atoms with Crippen LogP contribution < -0.4 is 5.32 Å². The normalized spacial score (nSPS) is 10.8. The SMILES string of the molecule is Cc1ccc(C)c(C(=O)Nc2ccc3nc(C)sc3c2)c1. The van der Waals surface area contributed by atoms with E-state index >= 15 is 0 Å². The van der Waals surface area contributed by atoms with Crippen molar-refractivity contribution in [2.45, 2.75) is 20.8 Å². The number of carbonyl (C=O) groups is 1. The van der Waals surface area contributed by atoms with Gasteiger partial charge in [0.15, 0.2) is 0 Å². The summed E-state index contributed by atoms with van der Waals surface area (Å²) < 4.78 is 1.09. The third-order valence-electron chi connectivity index (χ3n) is 3.39. The van der Waals surface area contributed by atoms with Crippen LogP contribution in [0.15, 0.2) is 36.4 Å². The molecule has 0 aliphatic carbocycles. The molecule has 2 aromatic carbocycles. The Hall–Kier alpha value is -2.20. The Morgan fingerprint density at radius 2 is 1.90 bits per heavy atom. The van der Waals surface area contributed by atoms with E-state index in [0.29, 0.717) is 0 Å². The Morgan fingerprint density at radius 3 is 2.71 bits per heavy atom. The third-order valence-corrected chi connectivity index (χ3v) is 4.32. The van der Waals surface area contributed by atoms with Crippen LogP contribution in [0.2, 0.25) is 0 Å². The first-order valence-corrected chi connectivity index (χ1v) is 7.60. The van der Waals surface area contributed by atoms with Crippen LogP contribution in [0.5, 0.6) is 0 Å². The number of hydrogen-bond donors (Lipinski definition) is 1. The third kappa shape index (κ3) is 2.81. The van der Waals surface area contributed by atoms with Crippen molar-refractivity contribution < 1.29 is 4.79 Å². The fourth-order valence-corrected chi connectivity index (χ4v) is 3.16. The summed E-state index contributed by atoms with van der Waals surface area (Å²) in [7, 11) is 0. The molecule has 0 fully saturated rings. The number of anilines is 1. The first kappa shape index (κ1) is 13.8. The van der Waals surface area contributed by atoms with Gasteiger partial charge in [-0.25, -0.2) is 4.98 Å². The standard InChI is InChI=1S/C17H16N2OS/c1-10-4-5-11(2)14(8-10)17(20)19-13-6-7-15-16(9-13)21-12(3)18-15/h4-9H,1-3H3,(H,19,20). The highest BCUT2D eigenvalue weighted by molar-refractivity contribution is 7.18. The fraction of sp³-hybridized carbons (Fsp3) is 0.176. The van der Waals surface area contributed by atoms with Gasteiger partial charge in [0.05, 0.1) is 15.2 Å². The molecule has 0 saturated heterocycles. The van der Waals surface area contributed by atoms with Crippen molar-refractivity contribution in [3.8, 4) is 0 Å². The van der Waals surface area contributed by atoms with E-state index < -0.39 is 0 Å². The zero-order valence-electron chi connectivity index (χ0n) is 12.2. The maximum absolute atomic E-state index is 12.4. The molecular formula is C17H16N2OS. The molecule has 0 atom stereocenters. The molecule has 1 heterocycles. The number of nitrogens with one attached hydrogen (secondary N) is 1. The van der Waals surface area contributed by atoms with Gasteiger partial charge in [0, 0.05) is 11.3 Å². The Kier molecular flexibility index (Phi) is 3.47. The van der Waals surface area contributed by atoms with Gasteiger partial charge in [0.1, 0.15) is 0 Å². The number of thiazole rings is 1. The number of hydrogen-bond acceptors (Lipinski definition) is 3. The van der Waals surface area contributed by atoms with E-state index in [1.54, 1.807) is 11.3 Å². The van der Waals surface area contributed by atoms with Gasteiger partial charge in [-0.2, -0.15) is 0 Å². The minimum absolute atomic E-state index is 0.0724. The Bertz CT molecular complexity index is 836. The Morgan fingerprint density at radius 1 is 1.10 bits per heavy atom. The predicted molar refractivity (Wildman–Crippen MR) is 88.2 cm³/mol. The summed E-state index contributed by atoms with van der Waals surface area (Å²) in [6, 6.07) is 11.7. The lowest BCUT2D eigenvalue weighted by molar-refractivity contribution is 0.102. The van der Waals surface area contributed by atoms with Gasteiger partial charge in [0.25, 0.3) is 5.91 Å². The highest BCUT2D eigenvalue weighted by Gasteiger charge is 2.10. The quantitative estimate of drug-likeness (QED) is 0.758. The maximum atomic E-state index is 12.4. The van der Waals surface area contributed by atoms with Gasteiger partial charge < -0.3 is 5.32 Å². The highest BCUT2D eigenvalue weighted by Crippen LogP contribution is 2.25. The minimum atomic E-state index is -0.0724. The molecule has 106 valence electrons. The summed E-state index contributed by atoms with van der Waals surface area (Å²) in [5.41, 5.74) is 4.56. The average molecular weight is 296 g/mol. The number of aromatic nitrogens is 1. The van der Waals surface area contributed by atoms with Gasteiger partial charge in [-0.15, -0.1) is 11.3 Å². The molecule has 0 radical (unpaired) electrons. The number of aryl methyl sites for hydroxylation is 3. The van der Waals surface area contributed by atoms with Crippen LogP contribution in [-0.4, -0.2) is 10.9 Å². The smallest absolute Gasteiger partial charge is 0.255 e. The maximum Gasteiger partial charge on any atom is 0.255 e. The summed E-state index contributed by atoms with van der Waals surface area (Å²) in [6.07, 6.45) is 0. The predicted octanol–water partition coefficient (Wildman–Crippen LogP) is 4.47.